The molecule has 2 aromatic heterocycles. The molecule has 2 atom stereocenters. The molecule has 1 amide bonds. The van der Waals surface area contributed by atoms with Crippen molar-refractivity contribution in [2.24, 2.45) is 0 Å². The van der Waals surface area contributed by atoms with Gasteiger partial charge in [-0.05, 0) is 25.2 Å². The Morgan fingerprint density at radius 3 is 2.84 bits per heavy atom. The second-order valence-electron chi connectivity index (χ2n) is 9.40. The molecule has 0 aromatic carbocycles. The van der Waals surface area contributed by atoms with Crippen molar-refractivity contribution in [1.82, 2.24) is 29.6 Å². The highest BCUT2D eigenvalue weighted by atomic mass is 19.4. The van der Waals surface area contributed by atoms with Crippen molar-refractivity contribution in [3.8, 4) is 17.7 Å². The summed E-state index contributed by atoms with van der Waals surface area (Å²) in [6.07, 6.45) is -0.325. The third kappa shape index (κ3) is 5.64. The van der Waals surface area contributed by atoms with Gasteiger partial charge in [-0.25, -0.2) is 4.98 Å². The zero-order valence-corrected chi connectivity index (χ0v) is 20.4. The number of rotatable bonds is 5. The molecular formula is C24H28F3N7O3. The van der Waals surface area contributed by atoms with Gasteiger partial charge in [-0.15, -0.1) is 10.2 Å². The number of halogens is 3. The number of nitrogens with zero attached hydrogens (tertiary/aromatic N) is 6. The van der Waals surface area contributed by atoms with Gasteiger partial charge in [0, 0.05) is 37.7 Å². The number of alkyl halides is 3. The quantitative estimate of drug-likeness (QED) is 0.601. The van der Waals surface area contributed by atoms with Gasteiger partial charge in [-0.2, -0.15) is 18.2 Å². The molecule has 10 nitrogen and oxygen atoms in total. The first-order chi connectivity index (χ1) is 17.8. The molecule has 5 rings (SSSR count). The third-order valence-corrected chi connectivity index (χ3v) is 6.76. The van der Waals surface area contributed by atoms with Crippen LogP contribution in [0.4, 0.5) is 19.1 Å². The van der Waals surface area contributed by atoms with Crippen molar-refractivity contribution < 1.29 is 27.4 Å². The summed E-state index contributed by atoms with van der Waals surface area (Å²) in [6.45, 7) is 3.86. The van der Waals surface area contributed by atoms with Crippen LogP contribution in [0.15, 0.2) is 6.20 Å². The van der Waals surface area contributed by atoms with Gasteiger partial charge in [0.05, 0.1) is 19.8 Å². The predicted octanol–water partition coefficient (Wildman–Crippen LogP) is 2.76. The number of anilines is 1. The molecular weight excluding hydrogens is 491 g/mol. The molecule has 0 radical (unpaired) electrons. The number of fused-ring (bicyclic) bond motifs is 1. The fourth-order valence-corrected chi connectivity index (χ4v) is 4.80. The van der Waals surface area contributed by atoms with E-state index in [9.17, 15) is 18.0 Å². The summed E-state index contributed by atoms with van der Waals surface area (Å²) in [7, 11) is 0. The minimum Gasteiger partial charge on any atom is -0.469 e. The van der Waals surface area contributed by atoms with E-state index in [0.717, 1.165) is 37.1 Å². The van der Waals surface area contributed by atoms with E-state index < -0.39 is 23.7 Å². The molecule has 4 heterocycles. The third-order valence-electron chi connectivity index (χ3n) is 6.76. The standard InChI is InChI=1S/C24H28F3N7O3/c1-2-3-7-20(35)33-8-9-34-19(12-33)31-32-21(34)15-5-4-6-16(10-15)29-23-28-11-18(24(25,26)27)22(30-23)37-17-13-36-14-17/h11,15-17H,2,4-6,8-10,12-14H2,1H3,(H,28,29,30)/t15-,16+/m0/s1. The second-order valence-corrected chi connectivity index (χ2v) is 9.40. The monoisotopic (exact) mass is 519 g/mol. The van der Waals surface area contributed by atoms with Gasteiger partial charge in [-0.1, -0.05) is 19.3 Å². The number of ether oxygens (including phenoxy) is 2. The summed E-state index contributed by atoms with van der Waals surface area (Å²) in [6, 6.07) is -0.0469. The molecule has 2 aromatic rings. The summed E-state index contributed by atoms with van der Waals surface area (Å²) in [5.41, 5.74) is -1.00. The first-order valence-corrected chi connectivity index (χ1v) is 12.5. The van der Waals surface area contributed by atoms with E-state index in [2.05, 4.69) is 41.9 Å². The minimum absolute atomic E-state index is 0.0469. The largest absolute Gasteiger partial charge is 0.469 e. The number of carbonyl (C=O) groups is 1. The Balaban J connectivity index is 1.26. The molecule has 37 heavy (non-hydrogen) atoms. The Hall–Kier alpha value is -3.40. The molecule has 198 valence electrons. The molecule has 2 fully saturated rings. The molecule has 13 heteroatoms. The lowest BCUT2D eigenvalue weighted by Gasteiger charge is -2.31. The van der Waals surface area contributed by atoms with E-state index in [4.69, 9.17) is 9.47 Å². The SMILES string of the molecule is CCC#CC(=O)N1CCn2c(nnc2[C@H]2CCC[C@@H](Nc3ncc(C(F)(F)F)c(OC4COC4)n3)C2)C1. The van der Waals surface area contributed by atoms with Crippen molar-refractivity contribution in [3.05, 3.63) is 23.4 Å². The van der Waals surface area contributed by atoms with E-state index in [1.165, 1.54) is 0 Å². The zero-order chi connectivity index (χ0) is 26.0. The average molecular weight is 520 g/mol. The maximum atomic E-state index is 13.4. The maximum absolute atomic E-state index is 13.4. The summed E-state index contributed by atoms with van der Waals surface area (Å²) in [5.74, 6) is 6.58. The number of hydrogen-bond donors (Lipinski definition) is 1. The van der Waals surface area contributed by atoms with Gasteiger partial charge in [0.1, 0.15) is 17.5 Å². The summed E-state index contributed by atoms with van der Waals surface area (Å²) < 4.78 is 52.8. The Bertz CT molecular complexity index is 1200. The number of hydrogen-bond acceptors (Lipinski definition) is 8. The van der Waals surface area contributed by atoms with E-state index >= 15 is 0 Å². The van der Waals surface area contributed by atoms with Crippen LogP contribution in [0.2, 0.25) is 0 Å². The Kier molecular flexibility index (Phi) is 7.19. The van der Waals surface area contributed by atoms with Crippen LogP contribution < -0.4 is 10.1 Å². The number of aromatic nitrogens is 5. The highest BCUT2D eigenvalue weighted by molar-refractivity contribution is 5.93. The molecule has 0 unspecified atom stereocenters. The predicted molar refractivity (Wildman–Crippen MR) is 124 cm³/mol. The Morgan fingerprint density at radius 2 is 2.11 bits per heavy atom. The normalized spacial score (nSPS) is 21.9. The molecule has 2 aliphatic heterocycles. The van der Waals surface area contributed by atoms with Gasteiger partial charge in [0.25, 0.3) is 5.91 Å². The van der Waals surface area contributed by atoms with E-state index in [-0.39, 0.29) is 37.0 Å². The van der Waals surface area contributed by atoms with Crippen molar-refractivity contribution in [1.29, 1.82) is 0 Å². The fourth-order valence-electron chi connectivity index (χ4n) is 4.80. The van der Waals surface area contributed by atoms with E-state index in [1.54, 1.807) is 4.90 Å². The Morgan fingerprint density at radius 1 is 1.27 bits per heavy atom. The average Bonchev–Trinajstić information content (AvgIpc) is 3.28. The van der Waals surface area contributed by atoms with Gasteiger partial charge in [0.15, 0.2) is 5.82 Å². The van der Waals surface area contributed by atoms with E-state index in [1.807, 2.05) is 6.92 Å². The van der Waals surface area contributed by atoms with Crippen LogP contribution in [0, 0.1) is 11.8 Å². The molecule has 1 aliphatic carbocycles. The minimum atomic E-state index is -4.62. The van der Waals surface area contributed by atoms with Gasteiger partial charge in [-0.3, -0.25) is 4.79 Å². The Labute approximate surface area is 212 Å². The van der Waals surface area contributed by atoms with Crippen LogP contribution in [-0.4, -0.2) is 67.4 Å². The van der Waals surface area contributed by atoms with Crippen LogP contribution in [0.5, 0.6) is 5.88 Å². The molecule has 0 spiro atoms. The highest BCUT2D eigenvalue weighted by Gasteiger charge is 2.38. The number of carbonyl (C=O) groups excluding carboxylic acids is 1. The van der Waals surface area contributed by atoms with Crippen LogP contribution in [0.3, 0.4) is 0 Å². The lowest BCUT2D eigenvalue weighted by Crippen LogP contribution is -2.39. The van der Waals surface area contributed by atoms with Crippen molar-refractivity contribution >= 4 is 11.9 Å². The fraction of sp³-hybridized carbons (Fsp3) is 0.625. The molecule has 1 saturated heterocycles. The molecule has 3 aliphatic rings. The summed E-state index contributed by atoms with van der Waals surface area (Å²) in [5, 5.41) is 12.0. The van der Waals surface area contributed by atoms with Crippen LogP contribution in [0.1, 0.15) is 62.2 Å². The van der Waals surface area contributed by atoms with Gasteiger partial charge >= 0.3 is 6.18 Å². The number of amides is 1. The lowest BCUT2D eigenvalue weighted by molar-refractivity contribution is -0.142. The van der Waals surface area contributed by atoms with E-state index in [0.29, 0.717) is 32.5 Å². The molecule has 0 bridgehead atoms. The maximum Gasteiger partial charge on any atom is 0.423 e. The first-order valence-electron chi connectivity index (χ1n) is 12.5. The first kappa shape index (κ1) is 25.3. The zero-order valence-electron chi connectivity index (χ0n) is 20.4. The van der Waals surface area contributed by atoms with Crippen LogP contribution >= 0.6 is 0 Å². The van der Waals surface area contributed by atoms with Crippen LogP contribution in [-0.2, 0) is 28.8 Å². The van der Waals surface area contributed by atoms with Crippen molar-refractivity contribution in [2.45, 2.75) is 76.4 Å². The van der Waals surface area contributed by atoms with Crippen LogP contribution in [0.25, 0.3) is 0 Å². The molecule has 1 saturated carbocycles. The summed E-state index contributed by atoms with van der Waals surface area (Å²) in [4.78, 5) is 21.9. The van der Waals surface area contributed by atoms with Crippen molar-refractivity contribution in [2.75, 3.05) is 25.1 Å². The molecule has 1 N–H and O–H groups in total. The second kappa shape index (κ2) is 10.5. The topological polar surface area (TPSA) is 107 Å². The van der Waals surface area contributed by atoms with Crippen molar-refractivity contribution in [3.63, 3.8) is 0 Å². The van der Waals surface area contributed by atoms with Gasteiger partial charge in [0.2, 0.25) is 11.8 Å². The lowest BCUT2D eigenvalue weighted by atomic mass is 9.85. The smallest absolute Gasteiger partial charge is 0.423 e. The van der Waals surface area contributed by atoms with Gasteiger partial charge < -0.3 is 24.3 Å². The summed E-state index contributed by atoms with van der Waals surface area (Å²) >= 11 is 0. The number of nitrogens with one attached hydrogen (secondary N) is 1. The highest BCUT2D eigenvalue weighted by Crippen LogP contribution is 2.37.